The average Bonchev–Trinajstić information content (AvgIpc) is 2.71. The first-order valence-electron chi connectivity index (χ1n) is 5.33. The number of ether oxygens (including phenoxy) is 1. The van der Waals surface area contributed by atoms with Gasteiger partial charge in [-0.2, -0.15) is 0 Å². The van der Waals surface area contributed by atoms with Crippen LogP contribution in [0.2, 0.25) is 0 Å². The van der Waals surface area contributed by atoms with E-state index in [9.17, 15) is 4.79 Å². The Hall–Kier alpha value is -1.22. The standard InChI is InChI=1S/C12H15NO2/c1-9-4-5-10(8-13-9)12(14)7-11-3-2-6-15-11/h4-5,8,11H,2-3,6-7H2,1H3. The van der Waals surface area contributed by atoms with Gasteiger partial charge in [-0.25, -0.2) is 0 Å². The maximum absolute atomic E-state index is 11.8. The highest BCUT2D eigenvalue weighted by molar-refractivity contribution is 5.96. The molecule has 80 valence electrons. The molecule has 1 saturated heterocycles. The molecule has 3 nitrogen and oxygen atoms in total. The molecular weight excluding hydrogens is 190 g/mol. The number of aryl methyl sites for hydroxylation is 1. The van der Waals surface area contributed by atoms with Crippen molar-refractivity contribution in [3.8, 4) is 0 Å². The van der Waals surface area contributed by atoms with Crippen molar-refractivity contribution in [2.24, 2.45) is 0 Å². The fraction of sp³-hybridized carbons (Fsp3) is 0.500. The molecule has 0 amide bonds. The van der Waals surface area contributed by atoms with E-state index in [-0.39, 0.29) is 11.9 Å². The number of nitrogens with zero attached hydrogens (tertiary/aromatic N) is 1. The van der Waals surface area contributed by atoms with Gasteiger partial charge in [0, 0.05) is 30.5 Å². The summed E-state index contributed by atoms with van der Waals surface area (Å²) < 4.78 is 5.43. The maximum Gasteiger partial charge on any atom is 0.167 e. The first-order valence-corrected chi connectivity index (χ1v) is 5.33. The summed E-state index contributed by atoms with van der Waals surface area (Å²) >= 11 is 0. The number of Topliss-reactive ketones (excluding diaryl/α,β-unsaturated/α-hetero) is 1. The highest BCUT2D eigenvalue weighted by Crippen LogP contribution is 2.17. The lowest BCUT2D eigenvalue weighted by molar-refractivity contribution is 0.0775. The zero-order valence-corrected chi connectivity index (χ0v) is 8.90. The van der Waals surface area contributed by atoms with Gasteiger partial charge in [0.1, 0.15) is 0 Å². The van der Waals surface area contributed by atoms with Gasteiger partial charge in [0.15, 0.2) is 5.78 Å². The van der Waals surface area contributed by atoms with E-state index in [0.717, 1.165) is 25.1 Å². The zero-order chi connectivity index (χ0) is 10.7. The van der Waals surface area contributed by atoms with E-state index in [1.54, 1.807) is 6.20 Å². The molecular formula is C12H15NO2. The maximum atomic E-state index is 11.8. The molecule has 2 rings (SSSR count). The minimum atomic E-state index is 0.124. The molecule has 0 spiro atoms. The normalized spacial score (nSPS) is 20.5. The van der Waals surface area contributed by atoms with E-state index in [1.165, 1.54) is 0 Å². The van der Waals surface area contributed by atoms with Crippen LogP contribution in [0.3, 0.4) is 0 Å². The van der Waals surface area contributed by atoms with Gasteiger partial charge in [-0.3, -0.25) is 9.78 Å². The molecule has 1 fully saturated rings. The lowest BCUT2D eigenvalue weighted by atomic mass is 10.1. The third-order valence-corrected chi connectivity index (χ3v) is 2.67. The zero-order valence-electron chi connectivity index (χ0n) is 8.90. The molecule has 3 heteroatoms. The minimum Gasteiger partial charge on any atom is -0.378 e. The van der Waals surface area contributed by atoms with Crippen molar-refractivity contribution in [3.05, 3.63) is 29.6 Å². The number of carbonyl (C=O) groups is 1. The Balaban J connectivity index is 1.98. The van der Waals surface area contributed by atoms with Crippen LogP contribution in [0.5, 0.6) is 0 Å². The third-order valence-electron chi connectivity index (χ3n) is 2.67. The fourth-order valence-corrected chi connectivity index (χ4v) is 1.76. The van der Waals surface area contributed by atoms with E-state index in [1.807, 2.05) is 19.1 Å². The Kier molecular flexibility index (Phi) is 3.11. The number of aromatic nitrogens is 1. The fourth-order valence-electron chi connectivity index (χ4n) is 1.76. The van der Waals surface area contributed by atoms with Crippen molar-refractivity contribution in [3.63, 3.8) is 0 Å². The van der Waals surface area contributed by atoms with Crippen LogP contribution in [0.25, 0.3) is 0 Å². The Morgan fingerprint density at radius 1 is 1.60 bits per heavy atom. The van der Waals surface area contributed by atoms with E-state index in [2.05, 4.69) is 4.98 Å². The van der Waals surface area contributed by atoms with Gasteiger partial charge in [-0.1, -0.05) is 0 Å². The van der Waals surface area contributed by atoms with Gasteiger partial charge in [-0.05, 0) is 31.9 Å². The first kappa shape index (κ1) is 10.3. The summed E-state index contributed by atoms with van der Waals surface area (Å²) in [7, 11) is 0. The third kappa shape index (κ3) is 2.63. The number of pyridine rings is 1. The van der Waals surface area contributed by atoms with Crippen molar-refractivity contribution in [2.45, 2.75) is 32.3 Å². The second kappa shape index (κ2) is 4.53. The molecule has 1 aromatic rings. The lowest BCUT2D eigenvalue weighted by Crippen LogP contribution is -2.12. The van der Waals surface area contributed by atoms with E-state index >= 15 is 0 Å². The summed E-state index contributed by atoms with van der Waals surface area (Å²) in [6, 6.07) is 3.70. The monoisotopic (exact) mass is 205 g/mol. The van der Waals surface area contributed by atoms with Gasteiger partial charge in [0.05, 0.1) is 6.10 Å². The predicted molar refractivity (Wildman–Crippen MR) is 56.9 cm³/mol. The van der Waals surface area contributed by atoms with Gasteiger partial charge in [0.2, 0.25) is 0 Å². The van der Waals surface area contributed by atoms with Gasteiger partial charge >= 0.3 is 0 Å². The van der Waals surface area contributed by atoms with Crippen LogP contribution in [0.4, 0.5) is 0 Å². The molecule has 1 aliphatic heterocycles. The summed E-state index contributed by atoms with van der Waals surface area (Å²) in [5.74, 6) is 0.134. The molecule has 15 heavy (non-hydrogen) atoms. The highest BCUT2D eigenvalue weighted by Gasteiger charge is 2.19. The smallest absolute Gasteiger partial charge is 0.167 e. The number of ketones is 1. The van der Waals surface area contributed by atoms with Crippen LogP contribution in [0, 0.1) is 6.92 Å². The second-order valence-corrected chi connectivity index (χ2v) is 3.95. The van der Waals surface area contributed by atoms with E-state index < -0.39 is 0 Å². The molecule has 0 N–H and O–H groups in total. The average molecular weight is 205 g/mol. The van der Waals surface area contributed by atoms with Crippen molar-refractivity contribution >= 4 is 5.78 Å². The van der Waals surface area contributed by atoms with E-state index in [4.69, 9.17) is 4.74 Å². The summed E-state index contributed by atoms with van der Waals surface area (Å²) in [6.07, 6.45) is 4.34. The second-order valence-electron chi connectivity index (χ2n) is 3.95. The molecule has 1 aromatic heterocycles. The summed E-state index contributed by atoms with van der Waals surface area (Å²) in [6.45, 7) is 2.71. The number of rotatable bonds is 3. The first-order chi connectivity index (χ1) is 7.25. The molecule has 0 saturated carbocycles. The van der Waals surface area contributed by atoms with Crippen LogP contribution in [0.15, 0.2) is 18.3 Å². The number of carbonyl (C=O) groups excluding carboxylic acids is 1. The molecule has 1 unspecified atom stereocenters. The molecule has 1 aliphatic rings. The minimum absolute atomic E-state index is 0.124. The van der Waals surface area contributed by atoms with Gasteiger partial charge < -0.3 is 4.74 Å². The van der Waals surface area contributed by atoms with E-state index in [0.29, 0.717) is 12.0 Å². The molecule has 2 heterocycles. The van der Waals surface area contributed by atoms with Crippen LogP contribution < -0.4 is 0 Å². The Labute approximate surface area is 89.5 Å². The Morgan fingerprint density at radius 3 is 3.07 bits per heavy atom. The van der Waals surface area contributed by atoms with Gasteiger partial charge in [-0.15, -0.1) is 0 Å². The van der Waals surface area contributed by atoms with Crippen molar-refractivity contribution < 1.29 is 9.53 Å². The summed E-state index contributed by atoms with van der Waals surface area (Å²) in [4.78, 5) is 15.9. The highest BCUT2D eigenvalue weighted by atomic mass is 16.5. The predicted octanol–water partition coefficient (Wildman–Crippen LogP) is 2.14. The Morgan fingerprint density at radius 2 is 2.47 bits per heavy atom. The van der Waals surface area contributed by atoms with Gasteiger partial charge in [0.25, 0.3) is 0 Å². The lowest BCUT2D eigenvalue weighted by Gasteiger charge is -2.07. The van der Waals surface area contributed by atoms with Crippen molar-refractivity contribution in [1.29, 1.82) is 0 Å². The quantitative estimate of drug-likeness (QED) is 0.710. The summed E-state index contributed by atoms with van der Waals surface area (Å²) in [5.41, 5.74) is 1.62. The summed E-state index contributed by atoms with van der Waals surface area (Å²) in [5, 5.41) is 0. The molecule has 0 aromatic carbocycles. The van der Waals surface area contributed by atoms with Crippen molar-refractivity contribution in [1.82, 2.24) is 4.98 Å². The topological polar surface area (TPSA) is 39.2 Å². The van der Waals surface area contributed by atoms with Crippen molar-refractivity contribution in [2.75, 3.05) is 6.61 Å². The molecule has 1 atom stereocenters. The molecule has 0 radical (unpaired) electrons. The largest absolute Gasteiger partial charge is 0.378 e. The van der Waals surface area contributed by atoms with Crippen LogP contribution >= 0.6 is 0 Å². The van der Waals surface area contributed by atoms with Crippen LogP contribution in [-0.2, 0) is 4.74 Å². The molecule has 0 aliphatic carbocycles. The van der Waals surface area contributed by atoms with Crippen LogP contribution in [-0.4, -0.2) is 23.5 Å². The number of hydrogen-bond acceptors (Lipinski definition) is 3. The SMILES string of the molecule is Cc1ccc(C(=O)CC2CCCO2)cn1. The number of hydrogen-bond donors (Lipinski definition) is 0. The van der Waals surface area contributed by atoms with Crippen LogP contribution in [0.1, 0.15) is 35.3 Å². The molecule has 0 bridgehead atoms. The Bertz CT molecular complexity index is 339.